The number of aryl methyl sites for hydroxylation is 1. The highest BCUT2D eigenvalue weighted by Crippen LogP contribution is 2.23. The lowest BCUT2D eigenvalue weighted by Gasteiger charge is -2.17. The summed E-state index contributed by atoms with van der Waals surface area (Å²) in [5.74, 6) is 0.359. The molecule has 7 nitrogen and oxygen atoms in total. The molecule has 7 heteroatoms. The molecule has 0 saturated heterocycles. The number of carbonyl (C=O) groups is 2. The van der Waals surface area contributed by atoms with Crippen LogP contribution in [0.5, 0.6) is 0 Å². The van der Waals surface area contributed by atoms with E-state index in [1.54, 1.807) is 18.4 Å². The third-order valence-corrected chi connectivity index (χ3v) is 5.19. The second kappa shape index (κ2) is 8.34. The van der Waals surface area contributed by atoms with Gasteiger partial charge in [-0.05, 0) is 49.4 Å². The lowest BCUT2D eigenvalue weighted by molar-refractivity contribution is 0.0932. The highest BCUT2D eigenvalue weighted by molar-refractivity contribution is 6.05. The maximum absolute atomic E-state index is 13.0. The summed E-state index contributed by atoms with van der Waals surface area (Å²) < 4.78 is 7.13. The third kappa shape index (κ3) is 3.94. The number of hydrogen-bond acceptors (Lipinski definition) is 4. The molecule has 0 saturated carbocycles. The first-order valence-corrected chi connectivity index (χ1v) is 9.96. The van der Waals surface area contributed by atoms with E-state index in [2.05, 4.69) is 15.6 Å². The van der Waals surface area contributed by atoms with E-state index >= 15 is 0 Å². The Labute approximate surface area is 169 Å². The molecule has 0 radical (unpaired) electrons. The number of furan rings is 1. The van der Waals surface area contributed by atoms with Crippen molar-refractivity contribution in [1.29, 1.82) is 0 Å². The molecule has 0 spiro atoms. The Morgan fingerprint density at radius 3 is 2.79 bits per heavy atom. The Kier molecular flexibility index (Phi) is 5.46. The van der Waals surface area contributed by atoms with Crippen LogP contribution < -0.4 is 10.6 Å². The first-order valence-electron chi connectivity index (χ1n) is 9.96. The zero-order valence-electron chi connectivity index (χ0n) is 16.4. The first-order chi connectivity index (χ1) is 14.2. The van der Waals surface area contributed by atoms with Crippen molar-refractivity contribution in [3.8, 4) is 0 Å². The zero-order chi connectivity index (χ0) is 20.2. The van der Waals surface area contributed by atoms with E-state index in [0.29, 0.717) is 18.0 Å². The summed E-state index contributed by atoms with van der Waals surface area (Å²) in [6.07, 6.45) is 5.05. The summed E-state index contributed by atoms with van der Waals surface area (Å²) >= 11 is 0. The highest BCUT2D eigenvalue weighted by Gasteiger charge is 2.27. The average molecular weight is 392 g/mol. The molecule has 3 aromatic rings. The van der Waals surface area contributed by atoms with Gasteiger partial charge in [-0.1, -0.05) is 25.1 Å². The van der Waals surface area contributed by atoms with Gasteiger partial charge in [0.1, 0.15) is 5.76 Å². The van der Waals surface area contributed by atoms with Gasteiger partial charge in [0, 0.05) is 12.2 Å². The lowest BCUT2D eigenvalue weighted by Crippen LogP contribution is -2.27. The Morgan fingerprint density at radius 2 is 2.00 bits per heavy atom. The van der Waals surface area contributed by atoms with Gasteiger partial charge in [0.25, 0.3) is 11.8 Å². The lowest BCUT2D eigenvalue weighted by atomic mass is 10.1. The smallest absolute Gasteiger partial charge is 0.287 e. The summed E-state index contributed by atoms with van der Waals surface area (Å²) in [6.45, 7) is 3.01. The van der Waals surface area contributed by atoms with Crippen molar-refractivity contribution < 1.29 is 14.0 Å². The van der Waals surface area contributed by atoms with Crippen LogP contribution in [-0.2, 0) is 25.9 Å². The van der Waals surface area contributed by atoms with Gasteiger partial charge in [-0.15, -0.1) is 0 Å². The molecule has 29 heavy (non-hydrogen) atoms. The van der Waals surface area contributed by atoms with Crippen LogP contribution in [-0.4, -0.2) is 21.4 Å². The number of aromatic nitrogens is 2. The van der Waals surface area contributed by atoms with Crippen LogP contribution in [0.25, 0.3) is 0 Å². The quantitative estimate of drug-likeness (QED) is 0.671. The Bertz CT molecular complexity index is 1020. The van der Waals surface area contributed by atoms with E-state index in [1.807, 2.05) is 35.8 Å². The summed E-state index contributed by atoms with van der Waals surface area (Å²) in [4.78, 5) is 30.2. The molecule has 0 atom stereocenters. The molecular formula is C22H24N4O3. The number of fused-ring (bicyclic) bond motifs is 1. The standard InChI is InChI=1S/C22H24N4O3/c1-2-15-8-3-4-10-17(15)24-21(27)19-18-11-5-6-12-26(18)20(25-19)22(28)23-14-16-9-7-13-29-16/h3-4,7-10,13H,2,5-6,11-12,14H2,1H3,(H,23,28)(H,24,27). The minimum atomic E-state index is -0.308. The van der Waals surface area contributed by atoms with Gasteiger partial charge in [-0.3, -0.25) is 9.59 Å². The van der Waals surface area contributed by atoms with Gasteiger partial charge in [0.15, 0.2) is 11.5 Å². The van der Waals surface area contributed by atoms with Crippen LogP contribution in [0, 0.1) is 0 Å². The molecule has 0 unspecified atom stereocenters. The number of benzene rings is 1. The van der Waals surface area contributed by atoms with Crippen LogP contribution in [0.1, 0.15) is 57.9 Å². The SMILES string of the molecule is CCc1ccccc1NC(=O)c1nc(C(=O)NCc2ccco2)n2c1CCCC2. The zero-order valence-corrected chi connectivity index (χ0v) is 16.4. The number of nitrogens with one attached hydrogen (secondary N) is 2. The molecule has 150 valence electrons. The van der Waals surface area contributed by atoms with Crippen LogP contribution in [0.2, 0.25) is 0 Å². The molecule has 3 heterocycles. The van der Waals surface area contributed by atoms with E-state index < -0.39 is 0 Å². The van der Waals surface area contributed by atoms with Crippen molar-refractivity contribution in [3.63, 3.8) is 0 Å². The topological polar surface area (TPSA) is 89.2 Å². The molecule has 4 rings (SSSR count). The van der Waals surface area contributed by atoms with Gasteiger partial charge in [-0.2, -0.15) is 0 Å². The maximum Gasteiger partial charge on any atom is 0.287 e. The Morgan fingerprint density at radius 1 is 1.14 bits per heavy atom. The van der Waals surface area contributed by atoms with Gasteiger partial charge >= 0.3 is 0 Å². The van der Waals surface area contributed by atoms with Crippen molar-refractivity contribution in [2.75, 3.05) is 5.32 Å². The van der Waals surface area contributed by atoms with Gasteiger partial charge in [0.05, 0.1) is 18.5 Å². The minimum absolute atomic E-state index is 0.276. The predicted octanol–water partition coefficient (Wildman–Crippen LogP) is 3.56. The van der Waals surface area contributed by atoms with Gasteiger partial charge < -0.3 is 19.6 Å². The fourth-order valence-electron chi connectivity index (χ4n) is 3.69. The molecule has 1 aromatic carbocycles. The van der Waals surface area contributed by atoms with Crippen LogP contribution in [0.15, 0.2) is 47.1 Å². The molecule has 1 aliphatic heterocycles. The second-order valence-corrected chi connectivity index (χ2v) is 7.07. The molecule has 0 aliphatic carbocycles. The van der Waals surface area contributed by atoms with Crippen molar-refractivity contribution in [2.45, 2.75) is 45.7 Å². The minimum Gasteiger partial charge on any atom is -0.467 e. The molecule has 2 aromatic heterocycles. The van der Waals surface area contributed by atoms with Gasteiger partial charge in [-0.25, -0.2) is 4.98 Å². The summed E-state index contributed by atoms with van der Waals surface area (Å²) in [5.41, 5.74) is 3.00. The second-order valence-electron chi connectivity index (χ2n) is 7.07. The molecule has 2 N–H and O–H groups in total. The van der Waals surface area contributed by atoms with E-state index in [9.17, 15) is 9.59 Å². The number of amides is 2. The highest BCUT2D eigenvalue weighted by atomic mass is 16.3. The van der Waals surface area contributed by atoms with E-state index in [4.69, 9.17) is 4.42 Å². The fraction of sp³-hybridized carbons (Fsp3) is 0.318. The molecule has 2 amide bonds. The van der Waals surface area contributed by atoms with E-state index in [0.717, 1.165) is 42.6 Å². The van der Waals surface area contributed by atoms with Crippen molar-refractivity contribution in [1.82, 2.24) is 14.9 Å². The number of nitrogens with zero attached hydrogens (tertiary/aromatic N) is 2. The van der Waals surface area contributed by atoms with Gasteiger partial charge in [0.2, 0.25) is 0 Å². The molecule has 0 bridgehead atoms. The monoisotopic (exact) mass is 392 g/mol. The maximum atomic E-state index is 13.0. The van der Waals surface area contributed by atoms with Crippen LogP contribution in [0.4, 0.5) is 5.69 Å². The number of carbonyl (C=O) groups excluding carboxylic acids is 2. The first kappa shape index (κ1) is 19.0. The largest absolute Gasteiger partial charge is 0.467 e. The third-order valence-electron chi connectivity index (χ3n) is 5.19. The summed E-state index contributed by atoms with van der Waals surface area (Å²) in [5, 5.41) is 5.80. The fourth-order valence-corrected chi connectivity index (χ4v) is 3.69. The molecular weight excluding hydrogens is 368 g/mol. The molecule has 0 fully saturated rings. The molecule has 1 aliphatic rings. The normalized spacial score (nSPS) is 13.0. The predicted molar refractivity (Wildman–Crippen MR) is 109 cm³/mol. The summed E-state index contributed by atoms with van der Waals surface area (Å²) in [6, 6.07) is 11.3. The number of rotatable bonds is 6. The Balaban J connectivity index is 1.58. The van der Waals surface area contributed by atoms with Crippen molar-refractivity contribution in [2.24, 2.45) is 0 Å². The van der Waals surface area contributed by atoms with Crippen LogP contribution >= 0.6 is 0 Å². The number of para-hydroxylation sites is 1. The van der Waals surface area contributed by atoms with Crippen molar-refractivity contribution in [3.05, 3.63) is 71.2 Å². The van der Waals surface area contributed by atoms with E-state index in [-0.39, 0.29) is 24.2 Å². The average Bonchev–Trinajstić information content (AvgIpc) is 3.40. The van der Waals surface area contributed by atoms with Crippen molar-refractivity contribution >= 4 is 17.5 Å². The van der Waals surface area contributed by atoms with E-state index in [1.165, 1.54) is 0 Å². The summed E-state index contributed by atoms with van der Waals surface area (Å²) in [7, 11) is 0. The Hall–Kier alpha value is -3.35. The number of hydrogen-bond donors (Lipinski definition) is 2. The number of anilines is 1. The number of imidazole rings is 1. The van der Waals surface area contributed by atoms with Crippen LogP contribution in [0.3, 0.4) is 0 Å².